The van der Waals surface area contributed by atoms with Crippen LogP contribution in [0.1, 0.15) is 38.8 Å². The molecule has 0 heterocycles. The van der Waals surface area contributed by atoms with E-state index in [0.717, 1.165) is 16.8 Å². The SMILES string of the molecule is Cc1cccc(C)c1NC(=S)[C@@H](C)NC(=O)OC(C)(C)C. The first-order valence-corrected chi connectivity index (χ1v) is 7.37. The molecule has 1 aromatic rings. The van der Waals surface area contributed by atoms with Crippen molar-refractivity contribution in [3.63, 3.8) is 0 Å². The highest BCUT2D eigenvalue weighted by molar-refractivity contribution is 7.80. The lowest BCUT2D eigenvalue weighted by Crippen LogP contribution is -2.43. The van der Waals surface area contributed by atoms with Crippen LogP contribution >= 0.6 is 12.2 Å². The van der Waals surface area contributed by atoms with E-state index < -0.39 is 11.7 Å². The monoisotopic (exact) mass is 308 g/mol. The summed E-state index contributed by atoms with van der Waals surface area (Å²) < 4.78 is 5.22. The summed E-state index contributed by atoms with van der Waals surface area (Å²) in [6.07, 6.45) is -0.472. The Morgan fingerprint density at radius 1 is 1.24 bits per heavy atom. The molecule has 0 radical (unpaired) electrons. The molecule has 1 amide bonds. The summed E-state index contributed by atoms with van der Waals surface area (Å²) in [5.41, 5.74) is 2.69. The molecule has 2 N–H and O–H groups in total. The Hall–Kier alpha value is -1.62. The van der Waals surface area contributed by atoms with Crippen molar-refractivity contribution in [1.29, 1.82) is 0 Å². The van der Waals surface area contributed by atoms with E-state index in [9.17, 15) is 4.79 Å². The highest BCUT2D eigenvalue weighted by Gasteiger charge is 2.19. The molecule has 0 saturated heterocycles. The quantitative estimate of drug-likeness (QED) is 0.830. The van der Waals surface area contributed by atoms with Crippen LogP contribution in [-0.2, 0) is 4.74 Å². The minimum Gasteiger partial charge on any atom is -0.444 e. The van der Waals surface area contributed by atoms with Crippen molar-refractivity contribution < 1.29 is 9.53 Å². The predicted octanol–water partition coefficient (Wildman–Crippen LogP) is 3.96. The minimum absolute atomic E-state index is 0.311. The molecule has 1 aromatic carbocycles. The first kappa shape index (κ1) is 17.4. The third-order valence-electron chi connectivity index (χ3n) is 2.86. The Morgan fingerprint density at radius 2 is 1.76 bits per heavy atom. The zero-order chi connectivity index (χ0) is 16.2. The van der Waals surface area contributed by atoms with E-state index in [1.807, 2.05) is 59.7 Å². The number of thiocarbonyl (C=S) groups is 1. The number of alkyl carbamates (subject to hydrolysis) is 1. The molecule has 116 valence electrons. The van der Waals surface area contributed by atoms with E-state index >= 15 is 0 Å². The van der Waals surface area contributed by atoms with Gasteiger partial charge in [-0.25, -0.2) is 4.79 Å². The molecule has 5 heteroatoms. The Labute approximate surface area is 132 Å². The van der Waals surface area contributed by atoms with Crippen LogP contribution in [-0.4, -0.2) is 22.7 Å². The van der Waals surface area contributed by atoms with E-state index in [4.69, 9.17) is 17.0 Å². The molecule has 0 aromatic heterocycles. The summed E-state index contributed by atoms with van der Waals surface area (Å²) >= 11 is 5.36. The van der Waals surface area contributed by atoms with Crippen LogP contribution in [0, 0.1) is 13.8 Å². The number of rotatable bonds is 3. The largest absolute Gasteiger partial charge is 0.444 e. The lowest BCUT2D eigenvalue weighted by molar-refractivity contribution is 0.0521. The number of benzene rings is 1. The first-order valence-electron chi connectivity index (χ1n) is 6.97. The number of hydrogen-bond acceptors (Lipinski definition) is 3. The van der Waals surface area contributed by atoms with Crippen molar-refractivity contribution in [3.05, 3.63) is 29.3 Å². The standard InChI is InChI=1S/C16H24N2O2S/c1-10-8-7-9-11(2)13(10)18-14(21)12(3)17-15(19)20-16(4,5)6/h7-9,12H,1-6H3,(H,17,19)(H,18,21)/t12-/m1/s1. The van der Waals surface area contributed by atoms with Crippen molar-refractivity contribution in [3.8, 4) is 0 Å². The fourth-order valence-electron chi connectivity index (χ4n) is 1.79. The molecule has 1 atom stereocenters. The van der Waals surface area contributed by atoms with Gasteiger partial charge in [0, 0.05) is 5.69 Å². The molecular weight excluding hydrogens is 284 g/mol. The highest BCUT2D eigenvalue weighted by atomic mass is 32.1. The summed E-state index contributed by atoms with van der Waals surface area (Å²) in [7, 11) is 0. The number of aryl methyl sites for hydroxylation is 2. The molecule has 0 fully saturated rings. The number of para-hydroxylation sites is 1. The van der Waals surface area contributed by atoms with E-state index in [2.05, 4.69) is 10.6 Å². The molecule has 21 heavy (non-hydrogen) atoms. The van der Waals surface area contributed by atoms with Crippen LogP contribution in [0.15, 0.2) is 18.2 Å². The average Bonchev–Trinajstić information content (AvgIpc) is 2.31. The molecule has 0 unspecified atom stereocenters. The predicted molar refractivity (Wildman–Crippen MR) is 91.0 cm³/mol. The van der Waals surface area contributed by atoms with Crippen LogP contribution < -0.4 is 10.6 Å². The van der Waals surface area contributed by atoms with Gasteiger partial charge in [-0.15, -0.1) is 0 Å². The highest BCUT2D eigenvalue weighted by Crippen LogP contribution is 2.19. The van der Waals surface area contributed by atoms with Crippen LogP contribution in [0.5, 0.6) is 0 Å². The summed E-state index contributed by atoms with van der Waals surface area (Å²) in [4.78, 5) is 12.3. The number of hydrogen-bond donors (Lipinski definition) is 2. The number of carbonyl (C=O) groups excluding carboxylic acids is 1. The molecule has 0 aliphatic heterocycles. The lowest BCUT2D eigenvalue weighted by Gasteiger charge is -2.23. The van der Waals surface area contributed by atoms with Crippen molar-refractivity contribution in [2.75, 3.05) is 5.32 Å². The van der Waals surface area contributed by atoms with Crippen LogP contribution in [0.3, 0.4) is 0 Å². The fourth-order valence-corrected chi connectivity index (χ4v) is 1.95. The molecule has 1 rings (SSSR count). The Bertz CT molecular complexity index is 515. The Balaban J connectivity index is 2.65. The van der Waals surface area contributed by atoms with Gasteiger partial charge in [0.1, 0.15) is 10.6 Å². The molecule has 4 nitrogen and oxygen atoms in total. The van der Waals surface area contributed by atoms with Crippen molar-refractivity contribution in [2.45, 2.75) is 53.2 Å². The maximum atomic E-state index is 11.7. The van der Waals surface area contributed by atoms with Gasteiger partial charge >= 0.3 is 6.09 Å². The van der Waals surface area contributed by atoms with Gasteiger partial charge in [-0.1, -0.05) is 30.4 Å². The van der Waals surface area contributed by atoms with Crippen molar-refractivity contribution >= 4 is 29.0 Å². The molecule has 0 aliphatic rings. The van der Waals surface area contributed by atoms with Crippen LogP contribution in [0.4, 0.5) is 10.5 Å². The van der Waals surface area contributed by atoms with Crippen LogP contribution in [0.25, 0.3) is 0 Å². The summed E-state index contributed by atoms with van der Waals surface area (Å²) in [6.45, 7) is 11.3. The van der Waals surface area contributed by atoms with Crippen molar-refractivity contribution in [1.82, 2.24) is 5.32 Å². The molecule has 0 aliphatic carbocycles. The van der Waals surface area contributed by atoms with E-state index in [1.165, 1.54) is 0 Å². The van der Waals surface area contributed by atoms with Gasteiger partial charge in [-0.2, -0.15) is 0 Å². The van der Waals surface area contributed by atoms with Crippen molar-refractivity contribution in [2.24, 2.45) is 0 Å². The van der Waals surface area contributed by atoms with Gasteiger partial charge in [0.05, 0.1) is 6.04 Å². The number of nitrogens with one attached hydrogen (secondary N) is 2. The first-order chi connectivity index (χ1) is 9.60. The second-order valence-corrected chi connectivity index (χ2v) is 6.56. The second kappa shape index (κ2) is 6.89. The van der Waals surface area contributed by atoms with E-state index in [1.54, 1.807) is 0 Å². The van der Waals surface area contributed by atoms with Gasteiger partial charge in [-0.3, -0.25) is 0 Å². The average molecular weight is 308 g/mol. The zero-order valence-electron chi connectivity index (χ0n) is 13.5. The molecule has 0 spiro atoms. The zero-order valence-corrected chi connectivity index (χ0v) is 14.4. The number of amides is 1. The van der Waals surface area contributed by atoms with Gasteiger partial charge in [0.25, 0.3) is 0 Å². The fraction of sp³-hybridized carbons (Fsp3) is 0.500. The Kier molecular flexibility index (Phi) is 5.72. The number of anilines is 1. The normalized spacial score (nSPS) is 12.5. The minimum atomic E-state index is -0.522. The second-order valence-electron chi connectivity index (χ2n) is 6.12. The van der Waals surface area contributed by atoms with Crippen LogP contribution in [0.2, 0.25) is 0 Å². The van der Waals surface area contributed by atoms with Gasteiger partial charge < -0.3 is 15.4 Å². The smallest absolute Gasteiger partial charge is 0.408 e. The van der Waals surface area contributed by atoms with E-state index in [0.29, 0.717) is 4.99 Å². The molecule has 0 bridgehead atoms. The summed E-state index contributed by atoms with van der Waals surface area (Å²) in [5.74, 6) is 0. The number of carbonyl (C=O) groups is 1. The van der Waals surface area contributed by atoms with Gasteiger partial charge in [0.2, 0.25) is 0 Å². The van der Waals surface area contributed by atoms with E-state index in [-0.39, 0.29) is 6.04 Å². The topological polar surface area (TPSA) is 50.4 Å². The lowest BCUT2D eigenvalue weighted by atomic mass is 10.1. The van der Waals surface area contributed by atoms with Gasteiger partial charge in [-0.05, 0) is 52.7 Å². The maximum absolute atomic E-state index is 11.7. The number of ether oxygens (including phenoxy) is 1. The van der Waals surface area contributed by atoms with Gasteiger partial charge in [0.15, 0.2) is 0 Å². The summed E-state index contributed by atoms with van der Waals surface area (Å²) in [6, 6.07) is 5.73. The maximum Gasteiger partial charge on any atom is 0.408 e. The summed E-state index contributed by atoms with van der Waals surface area (Å²) in [5, 5.41) is 5.94. The third kappa shape index (κ3) is 5.71. The molecular formula is C16H24N2O2S. The molecule has 0 saturated carbocycles. The Morgan fingerprint density at radius 3 is 2.24 bits per heavy atom. The third-order valence-corrected chi connectivity index (χ3v) is 3.31.